The topological polar surface area (TPSA) is 53.1 Å². The van der Waals surface area contributed by atoms with E-state index in [0.717, 1.165) is 0 Å². The number of aromatic nitrogens is 2. The molecule has 80 valence electrons. The second-order valence-electron chi connectivity index (χ2n) is 2.83. The Morgan fingerprint density at radius 3 is 2.43 bits per heavy atom. The van der Waals surface area contributed by atoms with Gasteiger partial charge >= 0.3 is 6.18 Å². The minimum absolute atomic E-state index is 0.0557. The number of halogens is 3. The zero-order chi connectivity index (χ0) is 10.9. The summed E-state index contributed by atoms with van der Waals surface area (Å²) in [4.78, 5) is 0. The summed E-state index contributed by atoms with van der Waals surface area (Å²) in [6.07, 6.45) is -4.37. The SMILES string of the molecule is Cc1nn(C)c(OCC(F)(F)F)c1N. The van der Waals surface area contributed by atoms with Crippen LogP contribution in [0.15, 0.2) is 0 Å². The molecule has 0 saturated carbocycles. The molecule has 0 aliphatic heterocycles. The summed E-state index contributed by atoms with van der Waals surface area (Å²) < 4.78 is 41.1. The van der Waals surface area contributed by atoms with Gasteiger partial charge in [-0.3, -0.25) is 0 Å². The van der Waals surface area contributed by atoms with E-state index in [9.17, 15) is 13.2 Å². The summed E-state index contributed by atoms with van der Waals surface area (Å²) >= 11 is 0. The van der Waals surface area contributed by atoms with E-state index in [1.54, 1.807) is 6.92 Å². The fraction of sp³-hybridized carbons (Fsp3) is 0.571. The average molecular weight is 209 g/mol. The van der Waals surface area contributed by atoms with E-state index in [2.05, 4.69) is 9.84 Å². The lowest BCUT2D eigenvalue weighted by atomic mass is 10.4. The standard InChI is InChI=1S/C7H10F3N3O/c1-4-5(11)6(13(2)12-4)14-3-7(8,9)10/h3,11H2,1-2H3. The molecular weight excluding hydrogens is 199 g/mol. The van der Waals surface area contributed by atoms with Crippen molar-refractivity contribution < 1.29 is 17.9 Å². The molecule has 1 rings (SSSR count). The Morgan fingerprint density at radius 2 is 2.07 bits per heavy atom. The zero-order valence-corrected chi connectivity index (χ0v) is 7.72. The molecular formula is C7H10F3N3O. The van der Waals surface area contributed by atoms with Gasteiger partial charge in [0.1, 0.15) is 5.69 Å². The molecule has 4 nitrogen and oxygen atoms in total. The van der Waals surface area contributed by atoms with Gasteiger partial charge < -0.3 is 10.5 Å². The first-order valence-electron chi connectivity index (χ1n) is 3.80. The van der Waals surface area contributed by atoms with Gasteiger partial charge in [-0.25, -0.2) is 4.68 Å². The molecule has 0 amide bonds. The number of hydrogen-bond donors (Lipinski definition) is 1. The molecule has 1 aromatic heterocycles. The molecule has 0 fully saturated rings. The van der Waals surface area contributed by atoms with Crippen LogP contribution in [0.4, 0.5) is 18.9 Å². The zero-order valence-electron chi connectivity index (χ0n) is 7.72. The number of nitrogens with zero attached hydrogens (tertiary/aromatic N) is 2. The van der Waals surface area contributed by atoms with Crippen LogP contribution in [-0.4, -0.2) is 22.6 Å². The van der Waals surface area contributed by atoms with E-state index in [1.807, 2.05) is 0 Å². The van der Waals surface area contributed by atoms with Crippen molar-refractivity contribution in [3.63, 3.8) is 0 Å². The number of nitrogens with two attached hydrogens (primary N) is 1. The number of ether oxygens (including phenoxy) is 1. The second kappa shape index (κ2) is 3.39. The third-order valence-electron chi connectivity index (χ3n) is 1.59. The molecule has 0 bridgehead atoms. The Morgan fingerprint density at radius 1 is 1.50 bits per heavy atom. The lowest BCUT2D eigenvalue weighted by molar-refractivity contribution is -0.154. The highest BCUT2D eigenvalue weighted by Crippen LogP contribution is 2.25. The summed E-state index contributed by atoms with van der Waals surface area (Å²) in [5, 5.41) is 3.81. The van der Waals surface area contributed by atoms with Crippen molar-refractivity contribution in [3.8, 4) is 5.88 Å². The Balaban J connectivity index is 2.77. The van der Waals surface area contributed by atoms with Gasteiger partial charge in [-0.1, -0.05) is 0 Å². The molecule has 14 heavy (non-hydrogen) atoms. The highest BCUT2D eigenvalue weighted by Gasteiger charge is 2.29. The molecule has 0 aromatic carbocycles. The fourth-order valence-electron chi connectivity index (χ4n) is 0.975. The van der Waals surface area contributed by atoms with Crippen LogP contribution in [0.3, 0.4) is 0 Å². The fourth-order valence-corrected chi connectivity index (χ4v) is 0.975. The molecule has 0 radical (unpaired) electrons. The molecule has 2 N–H and O–H groups in total. The molecule has 1 heterocycles. The molecule has 0 aliphatic rings. The lowest BCUT2D eigenvalue weighted by Gasteiger charge is -2.09. The Labute approximate surface area is 78.4 Å². The minimum Gasteiger partial charge on any atom is -0.467 e. The molecule has 0 saturated heterocycles. The largest absolute Gasteiger partial charge is 0.467 e. The van der Waals surface area contributed by atoms with Crippen LogP contribution in [0.1, 0.15) is 5.69 Å². The molecule has 0 spiro atoms. The summed E-state index contributed by atoms with van der Waals surface area (Å²) in [6.45, 7) is 0.228. The van der Waals surface area contributed by atoms with E-state index >= 15 is 0 Å². The quantitative estimate of drug-likeness (QED) is 0.797. The smallest absolute Gasteiger partial charge is 0.422 e. The van der Waals surface area contributed by atoms with Crippen molar-refractivity contribution >= 4 is 5.69 Å². The molecule has 7 heteroatoms. The summed E-state index contributed by atoms with van der Waals surface area (Å²) in [5.74, 6) is -0.0557. The number of alkyl halides is 3. The van der Waals surface area contributed by atoms with Crippen LogP contribution < -0.4 is 10.5 Å². The Hall–Kier alpha value is -1.40. The first kappa shape index (κ1) is 10.7. The third-order valence-corrected chi connectivity index (χ3v) is 1.59. The summed E-state index contributed by atoms with van der Waals surface area (Å²) in [5.41, 5.74) is 6.04. The second-order valence-corrected chi connectivity index (χ2v) is 2.83. The number of aryl methyl sites for hydroxylation is 2. The number of nitrogen functional groups attached to an aromatic ring is 1. The van der Waals surface area contributed by atoms with Crippen LogP contribution in [0.2, 0.25) is 0 Å². The van der Waals surface area contributed by atoms with Gasteiger partial charge in [-0.05, 0) is 6.92 Å². The van der Waals surface area contributed by atoms with Crippen molar-refractivity contribution in [3.05, 3.63) is 5.69 Å². The lowest BCUT2D eigenvalue weighted by Crippen LogP contribution is -2.20. The van der Waals surface area contributed by atoms with E-state index < -0.39 is 12.8 Å². The summed E-state index contributed by atoms with van der Waals surface area (Å²) in [6, 6.07) is 0. The molecule has 1 aromatic rings. The van der Waals surface area contributed by atoms with E-state index in [-0.39, 0.29) is 11.6 Å². The molecule has 0 unspecified atom stereocenters. The van der Waals surface area contributed by atoms with Crippen LogP contribution in [-0.2, 0) is 7.05 Å². The van der Waals surface area contributed by atoms with Gasteiger partial charge in [-0.15, -0.1) is 0 Å². The predicted octanol–water partition coefficient (Wildman–Crippen LogP) is 1.25. The third kappa shape index (κ3) is 2.30. The predicted molar refractivity (Wildman–Crippen MR) is 43.9 cm³/mol. The maximum Gasteiger partial charge on any atom is 0.422 e. The number of rotatable bonds is 2. The van der Waals surface area contributed by atoms with Crippen molar-refractivity contribution in [1.82, 2.24) is 9.78 Å². The number of hydrogen-bond acceptors (Lipinski definition) is 3. The normalized spacial score (nSPS) is 11.8. The van der Waals surface area contributed by atoms with Crippen molar-refractivity contribution in [2.75, 3.05) is 12.3 Å². The van der Waals surface area contributed by atoms with Crippen LogP contribution in [0.5, 0.6) is 5.88 Å². The first-order valence-corrected chi connectivity index (χ1v) is 3.80. The van der Waals surface area contributed by atoms with Crippen molar-refractivity contribution in [2.45, 2.75) is 13.1 Å². The number of anilines is 1. The highest BCUT2D eigenvalue weighted by molar-refractivity contribution is 5.52. The van der Waals surface area contributed by atoms with Gasteiger partial charge in [0.05, 0.1) is 5.69 Å². The van der Waals surface area contributed by atoms with E-state index in [0.29, 0.717) is 5.69 Å². The molecule has 0 aliphatic carbocycles. The van der Waals surface area contributed by atoms with Gasteiger partial charge in [-0.2, -0.15) is 18.3 Å². The van der Waals surface area contributed by atoms with Crippen LogP contribution >= 0.6 is 0 Å². The van der Waals surface area contributed by atoms with Crippen molar-refractivity contribution in [2.24, 2.45) is 7.05 Å². The van der Waals surface area contributed by atoms with E-state index in [4.69, 9.17) is 5.73 Å². The van der Waals surface area contributed by atoms with E-state index in [1.165, 1.54) is 11.7 Å². The van der Waals surface area contributed by atoms with Gasteiger partial charge in [0.25, 0.3) is 0 Å². The van der Waals surface area contributed by atoms with Gasteiger partial charge in [0, 0.05) is 7.05 Å². The Kier molecular flexibility index (Phi) is 2.59. The maximum absolute atomic E-state index is 11.8. The summed E-state index contributed by atoms with van der Waals surface area (Å²) in [7, 11) is 1.47. The van der Waals surface area contributed by atoms with Crippen LogP contribution in [0.25, 0.3) is 0 Å². The van der Waals surface area contributed by atoms with Crippen LogP contribution in [0, 0.1) is 6.92 Å². The Bertz CT molecular complexity index is 332. The minimum atomic E-state index is -4.37. The molecule has 0 atom stereocenters. The van der Waals surface area contributed by atoms with Crippen molar-refractivity contribution in [1.29, 1.82) is 0 Å². The first-order chi connectivity index (χ1) is 6.31. The highest BCUT2D eigenvalue weighted by atomic mass is 19.4. The average Bonchev–Trinajstić information content (AvgIpc) is 2.23. The van der Waals surface area contributed by atoms with Gasteiger partial charge in [0.15, 0.2) is 6.61 Å². The maximum atomic E-state index is 11.8. The monoisotopic (exact) mass is 209 g/mol. The van der Waals surface area contributed by atoms with Gasteiger partial charge in [0.2, 0.25) is 5.88 Å².